The Morgan fingerprint density at radius 2 is 0.607 bits per heavy atom. The molecule has 0 rings (SSSR count). The second-order valence-corrected chi connectivity index (χ2v) is 18.2. The van der Waals surface area contributed by atoms with E-state index in [9.17, 15) is 14.4 Å². The first kappa shape index (κ1) is 58.9. The van der Waals surface area contributed by atoms with E-state index in [-0.39, 0.29) is 31.1 Å². The van der Waals surface area contributed by atoms with E-state index < -0.39 is 6.10 Å². The zero-order chi connectivity index (χ0) is 44.4. The van der Waals surface area contributed by atoms with E-state index in [0.29, 0.717) is 19.3 Å². The van der Waals surface area contributed by atoms with Gasteiger partial charge in [0.05, 0.1) is 0 Å². The molecule has 0 aliphatic heterocycles. The van der Waals surface area contributed by atoms with Crippen LogP contribution >= 0.6 is 0 Å². The van der Waals surface area contributed by atoms with Crippen LogP contribution in [0.25, 0.3) is 0 Å². The summed E-state index contributed by atoms with van der Waals surface area (Å²) < 4.78 is 16.8. The zero-order valence-electron chi connectivity index (χ0n) is 40.9. The van der Waals surface area contributed by atoms with Crippen LogP contribution in [0.15, 0.2) is 24.3 Å². The van der Waals surface area contributed by atoms with Gasteiger partial charge < -0.3 is 14.2 Å². The van der Waals surface area contributed by atoms with Crippen molar-refractivity contribution in [2.75, 3.05) is 13.2 Å². The van der Waals surface area contributed by atoms with Gasteiger partial charge in [-0.05, 0) is 44.9 Å². The smallest absolute Gasteiger partial charge is 0.306 e. The van der Waals surface area contributed by atoms with Crippen LogP contribution in [0.2, 0.25) is 0 Å². The topological polar surface area (TPSA) is 78.9 Å². The van der Waals surface area contributed by atoms with Crippen molar-refractivity contribution in [2.24, 2.45) is 0 Å². The van der Waals surface area contributed by atoms with Crippen molar-refractivity contribution >= 4 is 17.9 Å². The van der Waals surface area contributed by atoms with Gasteiger partial charge >= 0.3 is 17.9 Å². The molecule has 0 aromatic heterocycles. The lowest BCUT2D eigenvalue weighted by Crippen LogP contribution is -2.30. The fraction of sp³-hybridized carbons (Fsp3) is 0.873. The van der Waals surface area contributed by atoms with Gasteiger partial charge in [-0.3, -0.25) is 14.4 Å². The highest BCUT2D eigenvalue weighted by molar-refractivity contribution is 5.71. The maximum atomic E-state index is 12.8. The van der Waals surface area contributed by atoms with Crippen LogP contribution in [0.4, 0.5) is 0 Å². The molecule has 0 heterocycles. The number of hydrogen-bond donors (Lipinski definition) is 0. The third-order valence-electron chi connectivity index (χ3n) is 12.0. The minimum absolute atomic E-state index is 0.0720. The van der Waals surface area contributed by atoms with Crippen molar-refractivity contribution in [3.63, 3.8) is 0 Å². The molecule has 0 saturated heterocycles. The average Bonchev–Trinajstić information content (AvgIpc) is 3.26. The van der Waals surface area contributed by atoms with E-state index in [1.54, 1.807) is 0 Å². The second kappa shape index (κ2) is 50.5. The molecule has 6 nitrogen and oxygen atoms in total. The molecular weight excluding hydrogens is 757 g/mol. The lowest BCUT2D eigenvalue weighted by molar-refractivity contribution is -0.167. The molecular formula is C55H102O6. The van der Waals surface area contributed by atoms with Crippen LogP contribution in [-0.2, 0) is 28.6 Å². The Kier molecular flexibility index (Phi) is 48.8. The van der Waals surface area contributed by atoms with Gasteiger partial charge in [-0.1, -0.05) is 251 Å². The molecule has 0 fully saturated rings. The van der Waals surface area contributed by atoms with Gasteiger partial charge in [0.1, 0.15) is 13.2 Å². The summed E-state index contributed by atoms with van der Waals surface area (Å²) >= 11 is 0. The molecule has 61 heavy (non-hydrogen) atoms. The minimum Gasteiger partial charge on any atom is -0.462 e. The Bertz CT molecular complexity index is 989. The maximum absolute atomic E-state index is 12.8. The molecule has 0 radical (unpaired) electrons. The molecule has 0 aromatic rings. The lowest BCUT2D eigenvalue weighted by Gasteiger charge is -2.18. The largest absolute Gasteiger partial charge is 0.462 e. The van der Waals surface area contributed by atoms with Crippen LogP contribution < -0.4 is 0 Å². The Labute approximate surface area is 379 Å². The molecule has 0 aliphatic carbocycles. The van der Waals surface area contributed by atoms with Crippen molar-refractivity contribution in [3.8, 4) is 0 Å². The number of rotatable bonds is 49. The van der Waals surface area contributed by atoms with Crippen molar-refractivity contribution in [2.45, 2.75) is 297 Å². The summed E-state index contributed by atoms with van der Waals surface area (Å²) in [6, 6.07) is 0. The Balaban J connectivity index is 4.32. The average molecular weight is 859 g/mol. The molecule has 0 amide bonds. The first-order valence-corrected chi connectivity index (χ1v) is 26.8. The Hall–Kier alpha value is -2.11. The molecule has 6 heteroatoms. The number of ether oxygens (including phenoxy) is 3. The van der Waals surface area contributed by atoms with E-state index in [1.807, 2.05) is 0 Å². The van der Waals surface area contributed by atoms with Gasteiger partial charge in [0.15, 0.2) is 6.10 Å². The van der Waals surface area contributed by atoms with Crippen LogP contribution in [0.3, 0.4) is 0 Å². The van der Waals surface area contributed by atoms with Crippen molar-refractivity contribution < 1.29 is 28.6 Å². The van der Waals surface area contributed by atoms with Crippen molar-refractivity contribution in [1.29, 1.82) is 0 Å². The first-order valence-electron chi connectivity index (χ1n) is 26.8. The summed E-state index contributed by atoms with van der Waals surface area (Å²) in [6.07, 6.45) is 57.3. The summed E-state index contributed by atoms with van der Waals surface area (Å²) in [5.74, 6) is -0.870. The number of unbranched alkanes of at least 4 members (excludes halogenated alkanes) is 34. The lowest BCUT2D eigenvalue weighted by atomic mass is 10.0. The number of carbonyl (C=O) groups excluding carboxylic acids is 3. The number of allylic oxidation sites excluding steroid dienone is 4. The number of carbonyl (C=O) groups is 3. The van der Waals surface area contributed by atoms with Crippen LogP contribution in [0.1, 0.15) is 290 Å². The highest BCUT2D eigenvalue weighted by Crippen LogP contribution is 2.16. The van der Waals surface area contributed by atoms with Gasteiger partial charge in [0, 0.05) is 19.3 Å². The van der Waals surface area contributed by atoms with Crippen LogP contribution in [0.5, 0.6) is 0 Å². The third kappa shape index (κ3) is 48.8. The van der Waals surface area contributed by atoms with Gasteiger partial charge in [0.2, 0.25) is 0 Å². The summed E-state index contributed by atoms with van der Waals surface area (Å²) in [5, 5.41) is 0. The molecule has 358 valence electrons. The molecule has 1 atom stereocenters. The SMILES string of the molecule is CCCC/C=C\C/C=C\CCCCCCCC(=O)OC(COC(=O)CCCCCCCCCCCCCC)COC(=O)CCCCCCCCCCCCCCCCCCC. The molecule has 0 bridgehead atoms. The van der Waals surface area contributed by atoms with Crippen LogP contribution in [-0.4, -0.2) is 37.2 Å². The van der Waals surface area contributed by atoms with Gasteiger partial charge in [-0.15, -0.1) is 0 Å². The predicted molar refractivity (Wildman–Crippen MR) is 261 cm³/mol. The summed E-state index contributed by atoms with van der Waals surface area (Å²) in [4.78, 5) is 38.0. The molecule has 0 aromatic carbocycles. The van der Waals surface area contributed by atoms with Crippen LogP contribution in [0, 0.1) is 0 Å². The summed E-state index contributed by atoms with van der Waals surface area (Å²) in [7, 11) is 0. The maximum Gasteiger partial charge on any atom is 0.306 e. The van der Waals surface area contributed by atoms with E-state index >= 15 is 0 Å². The molecule has 0 N–H and O–H groups in total. The summed E-state index contributed by atoms with van der Waals surface area (Å²) in [6.45, 7) is 6.62. The fourth-order valence-corrected chi connectivity index (χ4v) is 7.87. The number of hydrogen-bond acceptors (Lipinski definition) is 6. The van der Waals surface area contributed by atoms with E-state index in [2.05, 4.69) is 45.1 Å². The monoisotopic (exact) mass is 859 g/mol. The van der Waals surface area contributed by atoms with Gasteiger partial charge in [-0.25, -0.2) is 0 Å². The highest BCUT2D eigenvalue weighted by Gasteiger charge is 2.19. The minimum atomic E-state index is -0.772. The Morgan fingerprint density at radius 1 is 0.328 bits per heavy atom. The molecule has 1 unspecified atom stereocenters. The van der Waals surface area contributed by atoms with Crippen molar-refractivity contribution in [1.82, 2.24) is 0 Å². The molecule has 0 saturated carbocycles. The van der Waals surface area contributed by atoms with E-state index in [4.69, 9.17) is 14.2 Å². The zero-order valence-corrected chi connectivity index (χ0v) is 40.9. The van der Waals surface area contributed by atoms with Crippen molar-refractivity contribution in [3.05, 3.63) is 24.3 Å². The Morgan fingerprint density at radius 3 is 0.951 bits per heavy atom. The number of esters is 3. The molecule has 0 aliphatic rings. The second-order valence-electron chi connectivity index (χ2n) is 18.2. The summed E-state index contributed by atoms with van der Waals surface area (Å²) in [5.41, 5.74) is 0. The normalized spacial score (nSPS) is 12.1. The third-order valence-corrected chi connectivity index (χ3v) is 12.0. The fourth-order valence-electron chi connectivity index (χ4n) is 7.87. The van der Waals surface area contributed by atoms with E-state index in [1.165, 1.54) is 167 Å². The standard InChI is InChI=1S/C55H102O6/c1-4-7-10-13-16-19-22-25-27-28-29-31-33-36-39-42-45-48-54(57)60-51-52(50-59-53(56)47-44-41-38-35-32-24-21-18-15-12-9-6-3)61-55(58)49-46-43-40-37-34-30-26-23-20-17-14-11-8-5-2/h14,17,23,26,52H,4-13,15-16,18-22,24-25,27-51H2,1-3H3/b17-14-,26-23-. The van der Waals surface area contributed by atoms with Gasteiger partial charge in [0.25, 0.3) is 0 Å². The molecule has 0 spiro atoms. The predicted octanol–water partition coefficient (Wildman–Crippen LogP) is 17.5. The first-order chi connectivity index (χ1) is 30.0. The highest BCUT2D eigenvalue weighted by atomic mass is 16.6. The quantitative estimate of drug-likeness (QED) is 0.0262. The van der Waals surface area contributed by atoms with E-state index in [0.717, 1.165) is 83.5 Å². The van der Waals surface area contributed by atoms with Gasteiger partial charge in [-0.2, -0.15) is 0 Å².